The van der Waals surface area contributed by atoms with E-state index in [0.29, 0.717) is 6.61 Å². The number of nitrogens with one attached hydrogen (secondary N) is 1. The van der Waals surface area contributed by atoms with Gasteiger partial charge in [0.2, 0.25) is 5.91 Å². The number of carbonyl (C=O) groups is 2. The molecule has 0 fully saturated rings. The van der Waals surface area contributed by atoms with Gasteiger partial charge in [-0.1, -0.05) is 15.9 Å². The summed E-state index contributed by atoms with van der Waals surface area (Å²) in [5.41, 5.74) is 0. The molecule has 0 saturated heterocycles. The van der Waals surface area contributed by atoms with Crippen molar-refractivity contribution in [2.24, 2.45) is 0 Å². The van der Waals surface area contributed by atoms with Crippen molar-refractivity contribution < 1.29 is 19.1 Å². The van der Waals surface area contributed by atoms with Crippen LogP contribution in [0.2, 0.25) is 0 Å². The summed E-state index contributed by atoms with van der Waals surface area (Å²) in [6.45, 7) is 2.49. The van der Waals surface area contributed by atoms with Crippen molar-refractivity contribution in [3.63, 3.8) is 0 Å². The summed E-state index contributed by atoms with van der Waals surface area (Å²) in [6.07, 6.45) is 0. The third-order valence-electron chi connectivity index (χ3n) is 1.37. The lowest BCUT2D eigenvalue weighted by atomic mass is 10.4. The molecule has 0 rings (SSSR count). The van der Waals surface area contributed by atoms with E-state index in [1.807, 2.05) is 0 Å². The van der Waals surface area contributed by atoms with E-state index in [1.54, 1.807) is 6.92 Å². The van der Waals surface area contributed by atoms with Crippen molar-refractivity contribution in [2.75, 3.05) is 26.9 Å². The van der Waals surface area contributed by atoms with Gasteiger partial charge in [-0.25, -0.2) is 0 Å². The monoisotopic (exact) mass is 267 g/mol. The van der Waals surface area contributed by atoms with Gasteiger partial charge in [-0.15, -0.1) is 0 Å². The maximum atomic E-state index is 11.0. The number of hydrogen-bond acceptors (Lipinski definition) is 4. The first-order valence-electron chi connectivity index (χ1n) is 4.18. The van der Waals surface area contributed by atoms with E-state index in [1.165, 1.54) is 7.11 Å². The first-order valence-corrected chi connectivity index (χ1v) is 5.09. The predicted octanol–water partition coefficient (Wildman–Crippen LogP) is 0.0756. The molecule has 1 amide bonds. The molecule has 0 heterocycles. The van der Waals surface area contributed by atoms with Crippen LogP contribution in [0, 0.1) is 0 Å². The van der Waals surface area contributed by atoms with Crippen LogP contribution in [0.25, 0.3) is 0 Å². The molecular formula is C8H14BrNO4. The van der Waals surface area contributed by atoms with Crippen LogP contribution in [0.15, 0.2) is 0 Å². The average molecular weight is 268 g/mol. The lowest BCUT2D eigenvalue weighted by molar-refractivity contribution is -0.139. The Morgan fingerprint density at radius 1 is 1.50 bits per heavy atom. The third-order valence-corrected chi connectivity index (χ3v) is 2.07. The minimum Gasteiger partial charge on any atom is -0.468 e. The molecule has 0 saturated carbocycles. The van der Waals surface area contributed by atoms with Gasteiger partial charge in [-0.3, -0.25) is 9.59 Å². The van der Waals surface area contributed by atoms with Gasteiger partial charge in [-0.05, 0) is 6.92 Å². The number of alkyl halides is 1. The van der Waals surface area contributed by atoms with Crippen molar-refractivity contribution >= 4 is 27.8 Å². The number of hydrogen-bond donors (Lipinski definition) is 1. The fraction of sp³-hybridized carbons (Fsp3) is 0.750. The summed E-state index contributed by atoms with van der Waals surface area (Å²) in [5.74, 6) is -0.665. The fourth-order valence-corrected chi connectivity index (χ4v) is 1.01. The zero-order valence-corrected chi connectivity index (χ0v) is 9.80. The Morgan fingerprint density at radius 2 is 2.14 bits per heavy atom. The van der Waals surface area contributed by atoms with E-state index < -0.39 is 10.8 Å². The molecule has 5 nitrogen and oxygen atoms in total. The van der Waals surface area contributed by atoms with Gasteiger partial charge in [0.05, 0.1) is 7.11 Å². The maximum Gasteiger partial charge on any atom is 0.321 e. The Hall–Kier alpha value is -0.620. The molecule has 0 radical (unpaired) electrons. The molecule has 6 heteroatoms. The molecule has 0 aromatic carbocycles. The van der Waals surface area contributed by atoms with Crippen molar-refractivity contribution in [3.05, 3.63) is 0 Å². The van der Waals surface area contributed by atoms with E-state index in [0.717, 1.165) is 0 Å². The Morgan fingerprint density at radius 3 is 2.64 bits per heavy atom. The molecule has 14 heavy (non-hydrogen) atoms. The molecule has 0 spiro atoms. The molecule has 0 aliphatic carbocycles. The summed E-state index contributed by atoms with van der Waals surface area (Å²) in [5, 5.41) is 2.52. The van der Waals surface area contributed by atoms with Crippen molar-refractivity contribution in [1.82, 2.24) is 5.32 Å². The molecule has 0 aliphatic heterocycles. The molecule has 0 aliphatic rings. The highest BCUT2D eigenvalue weighted by molar-refractivity contribution is 9.10. The normalized spacial score (nSPS) is 11.9. The van der Waals surface area contributed by atoms with E-state index in [-0.39, 0.29) is 19.1 Å². The quantitative estimate of drug-likeness (QED) is 0.547. The smallest absolute Gasteiger partial charge is 0.321 e. The fourth-order valence-electron chi connectivity index (χ4n) is 0.660. The molecule has 1 atom stereocenters. The van der Waals surface area contributed by atoms with Crippen LogP contribution in [0.1, 0.15) is 6.92 Å². The van der Waals surface area contributed by atoms with E-state index in [2.05, 4.69) is 26.0 Å². The van der Waals surface area contributed by atoms with Crippen molar-refractivity contribution in [3.8, 4) is 0 Å². The summed E-state index contributed by atoms with van der Waals surface area (Å²) >= 11 is 3.07. The van der Waals surface area contributed by atoms with Gasteiger partial charge in [0.15, 0.2) is 0 Å². The summed E-state index contributed by atoms with van der Waals surface area (Å²) in [6, 6.07) is 0. The van der Waals surface area contributed by atoms with Crippen LogP contribution in [0.3, 0.4) is 0 Å². The molecule has 0 aromatic heterocycles. The second kappa shape index (κ2) is 7.75. The zero-order valence-electron chi connectivity index (χ0n) is 8.21. The Labute approximate surface area is 91.3 Å². The first-order chi connectivity index (χ1) is 6.61. The lowest BCUT2D eigenvalue weighted by Gasteiger charge is -2.08. The van der Waals surface area contributed by atoms with Crippen LogP contribution in [-0.4, -0.2) is 43.6 Å². The van der Waals surface area contributed by atoms with E-state index in [4.69, 9.17) is 4.74 Å². The summed E-state index contributed by atoms with van der Waals surface area (Å²) < 4.78 is 9.33. The maximum absolute atomic E-state index is 11.0. The number of carbonyl (C=O) groups excluding carboxylic acids is 2. The molecule has 0 bridgehead atoms. The third kappa shape index (κ3) is 5.93. The minimum absolute atomic E-state index is 0.0113. The second-order valence-corrected chi connectivity index (χ2v) is 3.54. The van der Waals surface area contributed by atoms with Crippen LogP contribution >= 0.6 is 15.9 Å². The molecule has 1 unspecified atom stereocenters. The summed E-state index contributed by atoms with van der Waals surface area (Å²) in [4.78, 5) is 21.4. The Bertz CT molecular complexity index is 198. The Balaban J connectivity index is 3.60. The van der Waals surface area contributed by atoms with Crippen molar-refractivity contribution in [1.29, 1.82) is 0 Å². The second-order valence-electron chi connectivity index (χ2n) is 2.43. The highest BCUT2D eigenvalue weighted by Crippen LogP contribution is 1.99. The standard InChI is InChI=1S/C8H14BrNO4/c1-3-14-5-7(11)10-4-6(9)8(12)13-2/h6H,3-5H2,1-2H3,(H,10,11). The highest BCUT2D eigenvalue weighted by atomic mass is 79.9. The number of rotatable bonds is 6. The van der Waals surface area contributed by atoms with Crippen LogP contribution in [0.4, 0.5) is 0 Å². The number of amides is 1. The van der Waals surface area contributed by atoms with Crippen LogP contribution in [0.5, 0.6) is 0 Å². The average Bonchev–Trinajstić information content (AvgIpc) is 2.21. The lowest BCUT2D eigenvalue weighted by Crippen LogP contribution is -2.35. The van der Waals surface area contributed by atoms with Gasteiger partial charge >= 0.3 is 5.97 Å². The first kappa shape index (κ1) is 13.4. The largest absolute Gasteiger partial charge is 0.468 e. The number of ether oxygens (including phenoxy) is 2. The van der Waals surface area contributed by atoms with Gasteiger partial charge < -0.3 is 14.8 Å². The summed E-state index contributed by atoms with van der Waals surface area (Å²) in [7, 11) is 1.29. The molecular weight excluding hydrogens is 254 g/mol. The predicted molar refractivity (Wildman–Crippen MR) is 54.2 cm³/mol. The van der Waals surface area contributed by atoms with Crippen LogP contribution in [-0.2, 0) is 19.1 Å². The number of methoxy groups -OCH3 is 1. The van der Waals surface area contributed by atoms with E-state index in [9.17, 15) is 9.59 Å². The van der Waals surface area contributed by atoms with Gasteiger partial charge in [0.25, 0.3) is 0 Å². The Kier molecular flexibility index (Phi) is 7.41. The molecule has 82 valence electrons. The number of halogens is 1. The minimum atomic E-state index is -0.516. The van der Waals surface area contributed by atoms with Gasteiger partial charge in [0, 0.05) is 13.2 Å². The van der Waals surface area contributed by atoms with Gasteiger partial charge in [-0.2, -0.15) is 0 Å². The van der Waals surface area contributed by atoms with Crippen molar-refractivity contribution in [2.45, 2.75) is 11.8 Å². The molecule has 0 aromatic rings. The van der Waals surface area contributed by atoms with Gasteiger partial charge in [0.1, 0.15) is 11.4 Å². The SMILES string of the molecule is CCOCC(=O)NCC(Br)C(=O)OC. The van der Waals surface area contributed by atoms with Crippen LogP contribution < -0.4 is 5.32 Å². The highest BCUT2D eigenvalue weighted by Gasteiger charge is 2.15. The van der Waals surface area contributed by atoms with E-state index >= 15 is 0 Å². The zero-order chi connectivity index (χ0) is 11.0. The number of esters is 1. The topological polar surface area (TPSA) is 64.6 Å². The molecule has 1 N–H and O–H groups in total.